The molecule has 0 bridgehead atoms. The summed E-state index contributed by atoms with van der Waals surface area (Å²) < 4.78 is 10.7. The zero-order valence-corrected chi connectivity index (χ0v) is 15.4. The number of nitrogens with one attached hydrogen (secondary N) is 1. The number of hydrogen-bond acceptors (Lipinski definition) is 4. The van der Waals surface area contributed by atoms with Gasteiger partial charge in [-0.05, 0) is 43.0 Å². The summed E-state index contributed by atoms with van der Waals surface area (Å²) in [5.74, 6) is 1.72. The minimum Gasteiger partial charge on any atom is -0.497 e. The lowest BCUT2D eigenvalue weighted by molar-refractivity contribution is -0.123. The molecular formula is C21H26N2O3. The van der Waals surface area contributed by atoms with Crippen LogP contribution in [-0.4, -0.2) is 39.3 Å². The molecular weight excluding hydrogens is 328 g/mol. The van der Waals surface area contributed by atoms with Crippen LogP contribution in [-0.2, 0) is 4.79 Å². The molecule has 138 valence electrons. The van der Waals surface area contributed by atoms with Gasteiger partial charge in [-0.25, -0.2) is 0 Å². The lowest BCUT2D eigenvalue weighted by Crippen LogP contribution is -2.34. The minimum atomic E-state index is -0.0952. The van der Waals surface area contributed by atoms with Crippen molar-refractivity contribution in [1.29, 1.82) is 0 Å². The van der Waals surface area contributed by atoms with Crippen molar-refractivity contribution in [3.63, 3.8) is 0 Å². The molecule has 3 rings (SSSR count). The molecule has 0 spiro atoms. The number of hydrogen-bond donors (Lipinski definition) is 1. The molecule has 1 aliphatic rings. The second-order valence-electron chi connectivity index (χ2n) is 6.66. The van der Waals surface area contributed by atoms with Crippen molar-refractivity contribution in [2.45, 2.75) is 13.3 Å². The Balaban J connectivity index is 1.42. The van der Waals surface area contributed by atoms with Gasteiger partial charge in [0.2, 0.25) is 0 Å². The fourth-order valence-electron chi connectivity index (χ4n) is 3.29. The number of anilines is 1. The molecule has 1 aliphatic heterocycles. The zero-order chi connectivity index (χ0) is 18.4. The van der Waals surface area contributed by atoms with Crippen LogP contribution in [0, 0.1) is 12.8 Å². The van der Waals surface area contributed by atoms with Gasteiger partial charge < -0.3 is 19.7 Å². The monoisotopic (exact) mass is 354 g/mol. The Bertz CT molecular complexity index is 748. The van der Waals surface area contributed by atoms with Crippen molar-refractivity contribution >= 4 is 11.6 Å². The molecule has 26 heavy (non-hydrogen) atoms. The molecule has 2 aromatic carbocycles. The zero-order valence-electron chi connectivity index (χ0n) is 15.4. The lowest BCUT2D eigenvalue weighted by Gasteiger charge is -2.21. The normalized spacial score (nSPS) is 16.4. The minimum absolute atomic E-state index is 0.0153. The number of ether oxygens (including phenoxy) is 2. The van der Waals surface area contributed by atoms with Gasteiger partial charge in [-0.2, -0.15) is 0 Å². The number of para-hydroxylation sites is 1. The van der Waals surface area contributed by atoms with E-state index in [-0.39, 0.29) is 12.5 Å². The summed E-state index contributed by atoms with van der Waals surface area (Å²) >= 11 is 0. The van der Waals surface area contributed by atoms with Crippen molar-refractivity contribution in [2.75, 3.05) is 38.3 Å². The fourth-order valence-corrected chi connectivity index (χ4v) is 3.29. The van der Waals surface area contributed by atoms with Crippen LogP contribution in [0.25, 0.3) is 0 Å². The van der Waals surface area contributed by atoms with Crippen LogP contribution >= 0.6 is 0 Å². The molecule has 1 atom stereocenters. The molecule has 2 aromatic rings. The van der Waals surface area contributed by atoms with Crippen LogP contribution in [0.15, 0.2) is 48.5 Å². The first-order valence-corrected chi connectivity index (χ1v) is 9.00. The Morgan fingerprint density at radius 3 is 2.81 bits per heavy atom. The summed E-state index contributed by atoms with van der Waals surface area (Å²) in [5, 5.41) is 2.99. The lowest BCUT2D eigenvalue weighted by atomic mass is 10.1. The van der Waals surface area contributed by atoms with Crippen molar-refractivity contribution < 1.29 is 14.3 Å². The molecule has 0 aromatic heterocycles. The van der Waals surface area contributed by atoms with Crippen LogP contribution < -0.4 is 19.7 Å². The molecule has 1 N–H and O–H groups in total. The molecule has 0 radical (unpaired) electrons. The number of carbonyl (C=O) groups is 1. The summed E-state index contributed by atoms with van der Waals surface area (Å²) in [6.45, 7) is 4.85. The van der Waals surface area contributed by atoms with Gasteiger partial charge in [0.1, 0.15) is 11.5 Å². The third kappa shape index (κ3) is 4.69. The van der Waals surface area contributed by atoms with E-state index in [1.54, 1.807) is 13.2 Å². The average Bonchev–Trinajstić information content (AvgIpc) is 3.14. The van der Waals surface area contributed by atoms with Gasteiger partial charge in [0.05, 0.1) is 7.11 Å². The number of rotatable bonds is 7. The van der Waals surface area contributed by atoms with Gasteiger partial charge in [-0.1, -0.05) is 24.3 Å². The van der Waals surface area contributed by atoms with Gasteiger partial charge in [0, 0.05) is 31.4 Å². The highest BCUT2D eigenvalue weighted by atomic mass is 16.5. The number of methoxy groups -OCH3 is 1. The molecule has 0 unspecified atom stereocenters. The van der Waals surface area contributed by atoms with Gasteiger partial charge in [0.15, 0.2) is 6.61 Å². The van der Waals surface area contributed by atoms with Gasteiger partial charge in [-0.15, -0.1) is 0 Å². The summed E-state index contributed by atoms with van der Waals surface area (Å²) in [6.07, 6.45) is 1.09. The van der Waals surface area contributed by atoms with E-state index in [1.807, 2.05) is 18.2 Å². The van der Waals surface area contributed by atoms with Crippen molar-refractivity contribution in [3.05, 3.63) is 54.1 Å². The molecule has 0 saturated carbocycles. The standard InChI is InChI=1S/C21H26N2O3/c1-16-6-3-4-9-20(16)23-11-10-17(14-23)13-22-21(24)15-26-19-8-5-7-18(12-19)25-2/h3-9,12,17H,10-11,13-15H2,1-2H3,(H,22,24)/t17-/m1/s1. The van der Waals surface area contributed by atoms with Gasteiger partial charge in [0.25, 0.3) is 5.91 Å². The molecule has 1 saturated heterocycles. The maximum atomic E-state index is 12.1. The Labute approximate surface area is 154 Å². The topological polar surface area (TPSA) is 50.8 Å². The third-order valence-corrected chi connectivity index (χ3v) is 4.74. The van der Waals surface area contributed by atoms with Gasteiger partial charge in [-0.3, -0.25) is 4.79 Å². The summed E-state index contributed by atoms with van der Waals surface area (Å²) in [5.41, 5.74) is 2.59. The maximum Gasteiger partial charge on any atom is 0.257 e. The van der Waals surface area contributed by atoms with E-state index in [4.69, 9.17) is 9.47 Å². The van der Waals surface area contributed by atoms with E-state index in [1.165, 1.54) is 11.3 Å². The Morgan fingerprint density at radius 2 is 2.00 bits per heavy atom. The number of aryl methyl sites for hydroxylation is 1. The Hall–Kier alpha value is -2.69. The largest absolute Gasteiger partial charge is 0.497 e. The predicted molar refractivity (Wildman–Crippen MR) is 103 cm³/mol. The summed E-state index contributed by atoms with van der Waals surface area (Å²) in [6, 6.07) is 15.7. The van der Waals surface area contributed by atoms with E-state index in [0.717, 1.165) is 19.5 Å². The van der Waals surface area contributed by atoms with Crippen molar-refractivity contribution in [1.82, 2.24) is 5.32 Å². The first kappa shape index (κ1) is 18.1. The maximum absolute atomic E-state index is 12.1. The Morgan fingerprint density at radius 1 is 1.19 bits per heavy atom. The highest BCUT2D eigenvalue weighted by Crippen LogP contribution is 2.26. The van der Waals surface area contributed by atoms with Crippen molar-refractivity contribution in [3.8, 4) is 11.5 Å². The van der Waals surface area contributed by atoms with Gasteiger partial charge >= 0.3 is 0 Å². The van der Waals surface area contributed by atoms with Crippen LogP contribution in [0.2, 0.25) is 0 Å². The SMILES string of the molecule is COc1cccc(OCC(=O)NC[C@H]2CCN(c3ccccc3C)C2)c1. The highest BCUT2D eigenvalue weighted by Gasteiger charge is 2.23. The van der Waals surface area contributed by atoms with Crippen LogP contribution in [0.3, 0.4) is 0 Å². The summed E-state index contributed by atoms with van der Waals surface area (Å²) in [4.78, 5) is 14.5. The predicted octanol–water partition coefficient (Wildman–Crippen LogP) is 3.03. The van der Waals surface area contributed by atoms with Crippen LogP contribution in [0.5, 0.6) is 11.5 Å². The van der Waals surface area contributed by atoms with Crippen LogP contribution in [0.4, 0.5) is 5.69 Å². The van der Waals surface area contributed by atoms with Crippen molar-refractivity contribution in [2.24, 2.45) is 5.92 Å². The highest BCUT2D eigenvalue weighted by molar-refractivity contribution is 5.77. The fraction of sp³-hybridized carbons (Fsp3) is 0.381. The smallest absolute Gasteiger partial charge is 0.257 e. The number of nitrogens with zero attached hydrogens (tertiary/aromatic N) is 1. The van der Waals surface area contributed by atoms with E-state index >= 15 is 0 Å². The quantitative estimate of drug-likeness (QED) is 0.830. The van der Waals surface area contributed by atoms with E-state index in [0.29, 0.717) is 24.0 Å². The average molecular weight is 354 g/mol. The molecule has 5 nitrogen and oxygen atoms in total. The molecule has 1 heterocycles. The summed E-state index contributed by atoms with van der Waals surface area (Å²) in [7, 11) is 1.60. The third-order valence-electron chi connectivity index (χ3n) is 4.74. The number of carbonyl (C=O) groups excluding carboxylic acids is 1. The molecule has 5 heteroatoms. The van der Waals surface area contributed by atoms with E-state index in [2.05, 4.69) is 41.4 Å². The first-order chi connectivity index (χ1) is 12.7. The second kappa shape index (κ2) is 8.61. The number of amides is 1. The van der Waals surface area contributed by atoms with E-state index in [9.17, 15) is 4.79 Å². The molecule has 1 fully saturated rings. The van der Waals surface area contributed by atoms with Crippen LogP contribution in [0.1, 0.15) is 12.0 Å². The second-order valence-corrected chi connectivity index (χ2v) is 6.66. The van der Waals surface area contributed by atoms with E-state index < -0.39 is 0 Å². The Kier molecular flexibility index (Phi) is 6.00. The number of benzene rings is 2. The molecule has 1 amide bonds. The molecule has 0 aliphatic carbocycles. The first-order valence-electron chi connectivity index (χ1n) is 9.00.